The summed E-state index contributed by atoms with van der Waals surface area (Å²) in [7, 11) is 0. The molecule has 1 amide bonds. The molecule has 1 N–H and O–H groups in total. The number of nitrogens with one attached hydrogen (secondary N) is 1. The van der Waals surface area contributed by atoms with E-state index in [2.05, 4.69) is 5.32 Å². The Morgan fingerprint density at radius 3 is 2.41 bits per heavy atom. The summed E-state index contributed by atoms with van der Waals surface area (Å²) < 4.78 is 17.2. The molecule has 0 atom stereocenters. The lowest BCUT2D eigenvalue weighted by Gasteiger charge is -2.12. The molecule has 6 heteroatoms. The maximum Gasteiger partial charge on any atom is 0.291 e. The minimum atomic E-state index is -0.348. The second-order valence-corrected chi connectivity index (χ2v) is 7.15. The van der Waals surface area contributed by atoms with Gasteiger partial charge in [0.1, 0.15) is 5.58 Å². The predicted octanol–water partition coefficient (Wildman–Crippen LogP) is 5.43. The smallest absolute Gasteiger partial charge is 0.291 e. The third-order valence-corrected chi connectivity index (χ3v) is 5.09. The fraction of sp³-hybridized carbons (Fsp3) is 0.286. The number of rotatable bonds is 2. The van der Waals surface area contributed by atoms with Crippen LogP contribution in [0.2, 0.25) is 5.02 Å². The first-order valence-corrected chi connectivity index (χ1v) is 9.23. The van der Waals surface area contributed by atoms with Crippen LogP contribution in [0.3, 0.4) is 0 Å². The van der Waals surface area contributed by atoms with Gasteiger partial charge >= 0.3 is 0 Å². The third-order valence-electron chi connectivity index (χ3n) is 4.77. The minimum Gasteiger partial charge on any atom is -0.490 e. The number of amides is 1. The number of halogens is 1. The van der Waals surface area contributed by atoms with Crippen molar-refractivity contribution in [2.75, 3.05) is 18.5 Å². The van der Waals surface area contributed by atoms with Crippen molar-refractivity contribution >= 4 is 34.2 Å². The van der Waals surface area contributed by atoms with Crippen LogP contribution in [-0.2, 0) is 0 Å². The summed E-state index contributed by atoms with van der Waals surface area (Å²) in [5.74, 6) is 1.09. The lowest BCUT2D eigenvalue weighted by molar-refractivity contribution is 0.0998. The molecule has 2 heterocycles. The molecule has 1 aromatic heterocycles. The number of benzene rings is 2. The van der Waals surface area contributed by atoms with E-state index in [1.165, 1.54) is 0 Å². The molecule has 1 aliphatic heterocycles. The number of ether oxygens (including phenoxy) is 2. The maximum atomic E-state index is 12.9. The summed E-state index contributed by atoms with van der Waals surface area (Å²) in [5.41, 5.74) is 4.08. The molecule has 0 unspecified atom stereocenters. The second-order valence-electron chi connectivity index (χ2n) is 6.74. The summed E-state index contributed by atoms with van der Waals surface area (Å²) in [6.45, 7) is 7.00. The number of aryl methyl sites for hydroxylation is 3. The van der Waals surface area contributed by atoms with E-state index >= 15 is 0 Å². The van der Waals surface area contributed by atoms with Gasteiger partial charge in [0.25, 0.3) is 5.91 Å². The second kappa shape index (κ2) is 6.82. The highest BCUT2D eigenvalue weighted by Crippen LogP contribution is 2.38. The van der Waals surface area contributed by atoms with E-state index in [0.29, 0.717) is 35.4 Å². The SMILES string of the molecule is Cc1ccc(C)c2c(C)c(C(=O)Nc3cc4c(cc3Cl)OCCCO4)oc12. The molecular weight excluding hydrogens is 366 g/mol. The van der Waals surface area contributed by atoms with E-state index < -0.39 is 0 Å². The van der Waals surface area contributed by atoms with Crippen molar-refractivity contribution in [3.8, 4) is 11.5 Å². The Morgan fingerprint density at radius 2 is 1.70 bits per heavy atom. The van der Waals surface area contributed by atoms with Gasteiger partial charge in [0.2, 0.25) is 0 Å². The van der Waals surface area contributed by atoms with E-state index in [0.717, 1.165) is 34.1 Å². The number of anilines is 1. The fourth-order valence-corrected chi connectivity index (χ4v) is 3.55. The standard InChI is InChI=1S/C21H20ClNO4/c1-11-5-6-12(2)19-18(11)13(3)20(27-19)21(24)23-15-10-17-16(9-14(15)22)25-7-4-8-26-17/h5-6,9-10H,4,7-8H2,1-3H3,(H,23,24). The summed E-state index contributed by atoms with van der Waals surface area (Å²) in [4.78, 5) is 12.9. The summed E-state index contributed by atoms with van der Waals surface area (Å²) in [5, 5.41) is 4.20. The first-order chi connectivity index (χ1) is 13.0. The Morgan fingerprint density at radius 1 is 1.04 bits per heavy atom. The average Bonchev–Trinajstić information content (AvgIpc) is 2.83. The highest BCUT2D eigenvalue weighted by Gasteiger charge is 2.22. The quantitative estimate of drug-likeness (QED) is 0.639. The van der Waals surface area contributed by atoms with Crippen molar-refractivity contribution in [2.45, 2.75) is 27.2 Å². The van der Waals surface area contributed by atoms with Crippen molar-refractivity contribution in [3.63, 3.8) is 0 Å². The van der Waals surface area contributed by atoms with Gasteiger partial charge in [-0.2, -0.15) is 0 Å². The van der Waals surface area contributed by atoms with Gasteiger partial charge in [-0.15, -0.1) is 0 Å². The molecular formula is C21H20ClNO4. The Kier molecular flexibility index (Phi) is 4.48. The van der Waals surface area contributed by atoms with E-state index in [-0.39, 0.29) is 11.7 Å². The molecule has 0 aliphatic carbocycles. The van der Waals surface area contributed by atoms with Crippen LogP contribution in [0.15, 0.2) is 28.7 Å². The van der Waals surface area contributed by atoms with E-state index in [9.17, 15) is 4.79 Å². The number of hydrogen-bond donors (Lipinski definition) is 1. The van der Waals surface area contributed by atoms with Crippen LogP contribution in [0.1, 0.15) is 33.7 Å². The fourth-order valence-electron chi connectivity index (χ4n) is 3.35. The van der Waals surface area contributed by atoms with Gasteiger partial charge in [0.05, 0.1) is 23.9 Å². The van der Waals surface area contributed by atoms with E-state index in [4.69, 9.17) is 25.5 Å². The average molecular weight is 386 g/mol. The monoisotopic (exact) mass is 385 g/mol. The van der Waals surface area contributed by atoms with Crippen LogP contribution in [0, 0.1) is 20.8 Å². The van der Waals surface area contributed by atoms with Crippen LogP contribution in [-0.4, -0.2) is 19.1 Å². The Labute approximate surface area is 162 Å². The molecule has 0 radical (unpaired) electrons. The number of fused-ring (bicyclic) bond motifs is 2. The number of furan rings is 1. The normalized spacial score (nSPS) is 13.5. The van der Waals surface area contributed by atoms with Crippen molar-refractivity contribution in [2.24, 2.45) is 0 Å². The summed E-state index contributed by atoms with van der Waals surface area (Å²) >= 11 is 6.33. The zero-order chi connectivity index (χ0) is 19.1. The topological polar surface area (TPSA) is 60.7 Å². The zero-order valence-corrected chi connectivity index (χ0v) is 16.2. The highest BCUT2D eigenvalue weighted by atomic mass is 35.5. The van der Waals surface area contributed by atoms with Gasteiger partial charge in [-0.05, 0) is 31.9 Å². The van der Waals surface area contributed by atoms with Crippen LogP contribution in [0.4, 0.5) is 5.69 Å². The molecule has 2 aromatic carbocycles. The van der Waals surface area contributed by atoms with Crippen LogP contribution >= 0.6 is 11.6 Å². The first-order valence-electron chi connectivity index (χ1n) is 8.85. The van der Waals surface area contributed by atoms with Gasteiger partial charge < -0.3 is 19.2 Å². The lowest BCUT2D eigenvalue weighted by Crippen LogP contribution is -2.12. The molecule has 1 aliphatic rings. The number of carbonyl (C=O) groups excluding carboxylic acids is 1. The maximum absolute atomic E-state index is 12.9. The molecule has 5 nitrogen and oxygen atoms in total. The Hall–Kier alpha value is -2.66. The minimum absolute atomic E-state index is 0.283. The van der Waals surface area contributed by atoms with Gasteiger partial charge in [0.15, 0.2) is 17.3 Å². The number of hydrogen-bond acceptors (Lipinski definition) is 4. The molecule has 4 rings (SSSR count). The van der Waals surface area contributed by atoms with E-state index in [1.807, 2.05) is 32.9 Å². The lowest BCUT2D eigenvalue weighted by atomic mass is 10.0. The van der Waals surface area contributed by atoms with Crippen molar-refractivity contribution in [1.29, 1.82) is 0 Å². The molecule has 0 saturated heterocycles. The van der Waals surface area contributed by atoms with Gasteiger partial charge in [-0.3, -0.25) is 4.79 Å². The molecule has 0 saturated carbocycles. The molecule has 0 spiro atoms. The molecule has 27 heavy (non-hydrogen) atoms. The van der Waals surface area contributed by atoms with Crippen molar-refractivity contribution < 1.29 is 18.7 Å². The molecule has 0 bridgehead atoms. The predicted molar refractivity (Wildman–Crippen MR) is 105 cm³/mol. The number of carbonyl (C=O) groups is 1. The van der Waals surface area contributed by atoms with Crippen molar-refractivity contribution in [3.05, 3.63) is 51.7 Å². The molecule has 0 fully saturated rings. The molecule has 140 valence electrons. The third kappa shape index (κ3) is 3.12. The molecule has 3 aromatic rings. The summed E-state index contributed by atoms with van der Waals surface area (Å²) in [6, 6.07) is 7.37. The Bertz CT molecular complexity index is 1050. The van der Waals surface area contributed by atoms with E-state index in [1.54, 1.807) is 12.1 Å². The largest absolute Gasteiger partial charge is 0.490 e. The van der Waals surface area contributed by atoms with Crippen LogP contribution < -0.4 is 14.8 Å². The van der Waals surface area contributed by atoms with Gasteiger partial charge in [-0.1, -0.05) is 23.7 Å². The van der Waals surface area contributed by atoms with Gasteiger partial charge in [-0.25, -0.2) is 0 Å². The summed E-state index contributed by atoms with van der Waals surface area (Å²) in [6.07, 6.45) is 0.797. The first kappa shape index (κ1) is 17.7. The van der Waals surface area contributed by atoms with Crippen LogP contribution in [0.25, 0.3) is 11.0 Å². The van der Waals surface area contributed by atoms with Crippen LogP contribution in [0.5, 0.6) is 11.5 Å². The Balaban J connectivity index is 1.70. The zero-order valence-electron chi connectivity index (χ0n) is 15.4. The highest BCUT2D eigenvalue weighted by molar-refractivity contribution is 6.34. The van der Waals surface area contributed by atoms with Gasteiger partial charge in [0, 0.05) is 29.5 Å². The van der Waals surface area contributed by atoms with Crippen molar-refractivity contribution in [1.82, 2.24) is 0 Å².